The number of aryl methyl sites for hydroxylation is 2. The van der Waals surface area contributed by atoms with E-state index in [4.69, 9.17) is 24.5 Å². The molecule has 32 heavy (non-hydrogen) atoms. The lowest BCUT2D eigenvalue weighted by molar-refractivity contribution is 0.404. The SMILES string of the molecule is COc1cc2c(cc1SNc1noc3cc(Oc4ncc(CN)s4)cc(OC)c13)CCC2. The molecule has 0 amide bonds. The number of hydrogen-bond acceptors (Lipinski definition) is 10. The van der Waals surface area contributed by atoms with Crippen LogP contribution in [-0.2, 0) is 19.4 Å². The number of nitrogens with one attached hydrogen (secondary N) is 1. The second-order valence-electron chi connectivity index (χ2n) is 7.26. The lowest BCUT2D eigenvalue weighted by Gasteiger charge is -2.11. The maximum atomic E-state index is 5.86. The number of nitrogens with two attached hydrogens (primary N) is 1. The third kappa shape index (κ3) is 3.96. The van der Waals surface area contributed by atoms with Crippen molar-refractivity contribution in [2.75, 3.05) is 18.9 Å². The number of fused-ring (bicyclic) bond motifs is 2. The van der Waals surface area contributed by atoms with E-state index in [0.29, 0.717) is 34.6 Å². The monoisotopic (exact) mass is 470 g/mol. The number of benzene rings is 2. The van der Waals surface area contributed by atoms with Crippen molar-refractivity contribution in [2.45, 2.75) is 30.7 Å². The van der Waals surface area contributed by atoms with Gasteiger partial charge in [0.15, 0.2) is 11.4 Å². The lowest BCUT2D eigenvalue weighted by Crippen LogP contribution is -1.95. The van der Waals surface area contributed by atoms with E-state index in [2.05, 4.69) is 27.0 Å². The first-order valence-electron chi connectivity index (χ1n) is 10.1. The first-order chi connectivity index (χ1) is 15.7. The van der Waals surface area contributed by atoms with Crippen molar-refractivity contribution in [3.05, 3.63) is 46.5 Å². The summed E-state index contributed by atoms with van der Waals surface area (Å²) >= 11 is 2.83. The number of methoxy groups -OCH3 is 2. The summed E-state index contributed by atoms with van der Waals surface area (Å²) < 4.78 is 25.9. The zero-order valence-corrected chi connectivity index (χ0v) is 19.3. The molecule has 2 heterocycles. The summed E-state index contributed by atoms with van der Waals surface area (Å²) in [5, 5.41) is 5.43. The molecule has 0 aliphatic heterocycles. The Hall–Kier alpha value is -2.95. The fraction of sp³-hybridized carbons (Fsp3) is 0.273. The van der Waals surface area contributed by atoms with Crippen molar-refractivity contribution >= 4 is 40.1 Å². The van der Waals surface area contributed by atoms with Crippen molar-refractivity contribution in [1.29, 1.82) is 0 Å². The van der Waals surface area contributed by atoms with Gasteiger partial charge in [0, 0.05) is 29.8 Å². The van der Waals surface area contributed by atoms with Crippen LogP contribution in [0.15, 0.2) is 39.9 Å². The Morgan fingerprint density at radius 2 is 1.94 bits per heavy atom. The van der Waals surface area contributed by atoms with Crippen molar-refractivity contribution < 1.29 is 18.7 Å². The van der Waals surface area contributed by atoms with Crippen LogP contribution in [-0.4, -0.2) is 24.4 Å². The highest BCUT2D eigenvalue weighted by Gasteiger charge is 2.19. The van der Waals surface area contributed by atoms with Crippen LogP contribution in [0.4, 0.5) is 5.82 Å². The second kappa shape index (κ2) is 8.89. The minimum absolute atomic E-state index is 0.424. The fourth-order valence-corrected chi connectivity index (χ4v) is 5.20. The number of aromatic nitrogens is 2. The molecular weight excluding hydrogens is 448 g/mol. The summed E-state index contributed by atoms with van der Waals surface area (Å²) in [6, 6.07) is 7.87. The van der Waals surface area contributed by atoms with Gasteiger partial charge in [-0.05, 0) is 54.5 Å². The largest absolute Gasteiger partial charge is 0.496 e. The number of hydrogen-bond donors (Lipinski definition) is 2. The topological polar surface area (TPSA) is 105 Å². The normalized spacial score (nSPS) is 12.7. The van der Waals surface area contributed by atoms with Gasteiger partial charge in [0.25, 0.3) is 5.19 Å². The molecule has 5 rings (SSSR count). The summed E-state index contributed by atoms with van der Waals surface area (Å²) in [6.07, 6.45) is 5.09. The molecule has 2 aromatic heterocycles. The molecule has 1 aliphatic rings. The summed E-state index contributed by atoms with van der Waals surface area (Å²) in [7, 11) is 3.29. The lowest BCUT2D eigenvalue weighted by atomic mass is 10.1. The number of nitrogens with zero attached hydrogens (tertiary/aromatic N) is 2. The van der Waals surface area contributed by atoms with Crippen molar-refractivity contribution in [2.24, 2.45) is 5.73 Å². The molecule has 0 saturated heterocycles. The average Bonchev–Trinajstić information content (AvgIpc) is 3.55. The number of ether oxygens (including phenoxy) is 3. The van der Waals surface area contributed by atoms with Gasteiger partial charge in [-0.3, -0.25) is 0 Å². The summed E-state index contributed by atoms with van der Waals surface area (Å²) in [6.45, 7) is 0.424. The molecule has 8 nitrogen and oxygen atoms in total. The fourth-order valence-electron chi connectivity index (χ4n) is 3.75. The van der Waals surface area contributed by atoms with E-state index in [1.807, 2.05) is 0 Å². The second-order valence-corrected chi connectivity index (χ2v) is 9.18. The van der Waals surface area contributed by atoms with E-state index in [9.17, 15) is 0 Å². The minimum atomic E-state index is 0.424. The van der Waals surface area contributed by atoms with Gasteiger partial charge in [-0.15, -0.1) is 0 Å². The molecule has 2 aromatic carbocycles. The molecule has 4 aromatic rings. The van der Waals surface area contributed by atoms with Crippen LogP contribution in [0.3, 0.4) is 0 Å². The standard InChI is InChI=1S/C22H22N4O4S2/c1-27-16-6-12-4-3-5-13(12)7-19(16)32-26-21-20-17(28-2)8-14(9-18(20)30-25-21)29-22-24-11-15(10-23)31-22/h6-9,11H,3-5,10,23H2,1-2H3,(H,25,26). The van der Waals surface area contributed by atoms with E-state index in [-0.39, 0.29) is 0 Å². The van der Waals surface area contributed by atoms with Crippen LogP contribution in [0, 0.1) is 0 Å². The average molecular weight is 471 g/mol. The summed E-state index contributed by atoms with van der Waals surface area (Å²) in [5.74, 6) is 2.54. The number of rotatable bonds is 8. The van der Waals surface area contributed by atoms with Crippen molar-refractivity contribution in [1.82, 2.24) is 10.1 Å². The Morgan fingerprint density at radius 3 is 2.69 bits per heavy atom. The highest BCUT2D eigenvalue weighted by molar-refractivity contribution is 8.00. The maximum absolute atomic E-state index is 5.86. The van der Waals surface area contributed by atoms with Gasteiger partial charge < -0.3 is 29.2 Å². The van der Waals surface area contributed by atoms with Crippen LogP contribution < -0.4 is 24.7 Å². The third-order valence-electron chi connectivity index (χ3n) is 5.31. The third-order valence-corrected chi connectivity index (χ3v) is 7.04. The number of thiazole rings is 1. The van der Waals surface area contributed by atoms with Crippen LogP contribution >= 0.6 is 23.3 Å². The first-order valence-corrected chi connectivity index (χ1v) is 11.7. The van der Waals surface area contributed by atoms with E-state index in [1.54, 1.807) is 32.5 Å². The van der Waals surface area contributed by atoms with E-state index in [1.165, 1.54) is 40.8 Å². The zero-order valence-electron chi connectivity index (χ0n) is 17.6. The molecule has 10 heteroatoms. The molecular formula is C22H22N4O4S2. The van der Waals surface area contributed by atoms with Gasteiger partial charge in [0.05, 0.1) is 19.1 Å². The molecule has 0 saturated carbocycles. The van der Waals surface area contributed by atoms with Gasteiger partial charge in [-0.2, -0.15) is 0 Å². The Morgan fingerprint density at radius 1 is 1.12 bits per heavy atom. The van der Waals surface area contributed by atoms with Crippen molar-refractivity contribution in [3.63, 3.8) is 0 Å². The van der Waals surface area contributed by atoms with E-state index in [0.717, 1.165) is 33.8 Å². The minimum Gasteiger partial charge on any atom is -0.496 e. The molecule has 0 spiro atoms. The predicted molar refractivity (Wildman–Crippen MR) is 125 cm³/mol. The van der Waals surface area contributed by atoms with Gasteiger partial charge in [0.1, 0.15) is 22.6 Å². The highest BCUT2D eigenvalue weighted by atomic mass is 32.2. The molecule has 0 radical (unpaired) electrons. The van der Waals surface area contributed by atoms with Crippen LogP contribution in [0.2, 0.25) is 0 Å². The Balaban J connectivity index is 1.40. The van der Waals surface area contributed by atoms with Crippen LogP contribution in [0.5, 0.6) is 22.4 Å². The molecule has 0 atom stereocenters. The smallest absolute Gasteiger partial charge is 0.278 e. The summed E-state index contributed by atoms with van der Waals surface area (Å²) in [4.78, 5) is 6.17. The Bertz CT molecular complexity index is 1270. The maximum Gasteiger partial charge on any atom is 0.278 e. The molecule has 3 N–H and O–H groups in total. The van der Waals surface area contributed by atoms with Crippen LogP contribution in [0.1, 0.15) is 22.4 Å². The highest BCUT2D eigenvalue weighted by Crippen LogP contribution is 2.41. The Kier molecular flexibility index (Phi) is 5.81. The van der Waals surface area contributed by atoms with Gasteiger partial charge in [0.2, 0.25) is 0 Å². The van der Waals surface area contributed by atoms with Gasteiger partial charge in [-0.25, -0.2) is 4.98 Å². The Labute approximate surface area is 193 Å². The molecule has 1 aliphatic carbocycles. The predicted octanol–water partition coefficient (Wildman–Crippen LogP) is 5.16. The number of anilines is 1. The van der Waals surface area contributed by atoms with Crippen molar-refractivity contribution in [3.8, 4) is 22.4 Å². The van der Waals surface area contributed by atoms with Crippen LogP contribution in [0.25, 0.3) is 11.0 Å². The van der Waals surface area contributed by atoms with E-state index < -0.39 is 0 Å². The van der Waals surface area contributed by atoms with E-state index >= 15 is 0 Å². The molecule has 0 unspecified atom stereocenters. The summed E-state index contributed by atoms with van der Waals surface area (Å²) in [5.41, 5.74) is 8.93. The zero-order chi connectivity index (χ0) is 22.1. The van der Waals surface area contributed by atoms with Gasteiger partial charge >= 0.3 is 0 Å². The quantitative estimate of drug-likeness (QED) is 0.338. The van der Waals surface area contributed by atoms with Gasteiger partial charge in [-0.1, -0.05) is 16.5 Å². The molecule has 166 valence electrons. The first kappa shape index (κ1) is 20.9. The molecule has 0 fully saturated rings. The molecule has 0 bridgehead atoms.